The summed E-state index contributed by atoms with van der Waals surface area (Å²) in [6.45, 7) is 0. The molecule has 3 heterocycles. The fraction of sp³-hybridized carbons (Fsp3) is 0. The summed E-state index contributed by atoms with van der Waals surface area (Å²) in [6, 6.07) is 12.4. The Bertz CT molecular complexity index is 907. The zero-order valence-electron chi connectivity index (χ0n) is 10.8. The Hall–Kier alpha value is -1.63. The number of hydrogen-bond donors (Lipinski definition) is 2. The van der Waals surface area contributed by atoms with Crippen LogP contribution in [0.4, 0.5) is 5.82 Å². The van der Waals surface area contributed by atoms with E-state index in [1.54, 1.807) is 22.7 Å². The Labute approximate surface area is 137 Å². The summed E-state index contributed by atoms with van der Waals surface area (Å²) in [7, 11) is 0. The minimum absolute atomic E-state index is 0.528. The quantitative estimate of drug-likeness (QED) is 0.495. The summed E-state index contributed by atoms with van der Waals surface area (Å²) in [4.78, 5) is 1.16. The van der Waals surface area contributed by atoms with Gasteiger partial charge in [-0.05, 0) is 35.2 Å². The molecule has 104 valence electrons. The van der Waals surface area contributed by atoms with Gasteiger partial charge in [0.1, 0.15) is 0 Å². The van der Waals surface area contributed by atoms with E-state index in [0.29, 0.717) is 5.82 Å². The summed E-state index contributed by atoms with van der Waals surface area (Å²) >= 11 is 7.01. The molecule has 0 bridgehead atoms. The molecule has 3 aromatic heterocycles. The highest BCUT2D eigenvalue weighted by molar-refractivity contribution is 9.10. The molecule has 0 saturated heterocycles. The van der Waals surface area contributed by atoms with Crippen molar-refractivity contribution in [1.29, 1.82) is 0 Å². The molecule has 4 aromatic rings. The van der Waals surface area contributed by atoms with Crippen LogP contribution in [0.15, 0.2) is 46.3 Å². The predicted molar refractivity (Wildman–Crippen MR) is 94.8 cm³/mol. The van der Waals surface area contributed by atoms with Crippen molar-refractivity contribution in [2.45, 2.75) is 0 Å². The predicted octanol–water partition coefficient (Wildman–Crippen LogP) is 5.36. The number of benzene rings is 1. The van der Waals surface area contributed by atoms with Gasteiger partial charge in [-0.1, -0.05) is 28.1 Å². The summed E-state index contributed by atoms with van der Waals surface area (Å²) < 4.78 is 3.62. The Kier molecular flexibility index (Phi) is 3.10. The van der Waals surface area contributed by atoms with Crippen LogP contribution in [0.2, 0.25) is 0 Å². The van der Waals surface area contributed by atoms with Gasteiger partial charge >= 0.3 is 0 Å². The minimum Gasteiger partial charge on any atom is -0.382 e. The molecule has 3 N–H and O–H groups in total. The van der Waals surface area contributed by atoms with E-state index in [1.165, 1.54) is 9.40 Å². The Balaban J connectivity index is 1.92. The third-order valence-electron chi connectivity index (χ3n) is 3.29. The molecule has 1 aromatic carbocycles. The second kappa shape index (κ2) is 4.98. The van der Waals surface area contributed by atoms with Crippen molar-refractivity contribution in [1.82, 2.24) is 10.2 Å². The molecule has 3 nitrogen and oxygen atoms in total. The number of halogens is 1. The van der Waals surface area contributed by atoms with Crippen LogP contribution in [-0.4, -0.2) is 10.2 Å². The van der Waals surface area contributed by atoms with Gasteiger partial charge in [-0.15, -0.1) is 22.7 Å². The van der Waals surface area contributed by atoms with Gasteiger partial charge in [-0.25, -0.2) is 0 Å². The molecule has 0 radical (unpaired) electrons. The van der Waals surface area contributed by atoms with Crippen molar-refractivity contribution < 1.29 is 0 Å². The number of nitrogens with zero attached hydrogens (tertiary/aromatic N) is 1. The fourth-order valence-corrected chi connectivity index (χ4v) is 4.87. The maximum atomic E-state index is 6.08. The van der Waals surface area contributed by atoms with Crippen LogP contribution in [0.25, 0.3) is 31.1 Å². The minimum atomic E-state index is 0.528. The summed E-state index contributed by atoms with van der Waals surface area (Å²) in [5.74, 6) is 0.528. The number of nitrogens with two attached hydrogens (primary N) is 1. The lowest BCUT2D eigenvalue weighted by Gasteiger charge is -2.03. The lowest BCUT2D eigenvalue weighted by Crippen LogP contribution is -1.88. The van der Waals surface area contributed by atoms with Crippen molar-refractivity contribution >= 4 is 53.8 Å². The number of thiophene rings is 2. The molecule has 0 spiro atoms. The smallest absolute Gasteiger partial charge is 0.153 e. The number of hydrogen-bond acceptors (Lipinski definition) is 4. The van der Waals surface area contributed by atoms with Crippen LogP contribution in [0.5, 0.6) is 0 Å². The van der Waals surface area contributed by atoms with E-state index in [2.05, 4.69) is 49.7 Å². The van der Waals surface area contributed by atoms with E-state index in [4.69, 9.17) is 5.73 Å². The van der Waals surface area contributed by atoms with Crippen molar-refractivity contribution in [2.75, 3.05) is 5.73 Å². The first kappa shape index (κ1) is 13.1. The highest BCUT2D eigenvalue weighted by atomic mass is 79.9. The molecule has 6 heteroatoms. The van der Waals surface area contributed by atoms with Gasteiger partial charge in [0, 0.05) is 13.9 Å². The summed E-state index contributed by atoms with van der Waals surface area (Å²) in [5.41, 5.74) is 9.09. The number of anilines is 1. The van der Waals surface area contributed by atoms with Gasteiger partial charge in [0.05, 0.1) is 16.1 Å². The molecule has 0 unspecified atom stereocenters. The Morgan fingerprint density at radius 3 is 2.86 bits per heavy atom. The number of aromatic nitrogens is 2. The molecule has 21 heavy (non-hydrogen) atoms. The van der Waals surface area contributed by atoms with Crippen LogP contribution in [0.1, 0.15) is 0 Å². The third kappa shape index (κ3) is 2.19. The van der Waals surface area contributed by atoms with E-state index >= 15 is 0 Å². The SMILES string of the molecule is Nc1n[nH]c(-c2cc3sccc3s2)c1-c1cccc(Br)c1. The maximum absolute atomic E-state index is 6.08. The van der Waals surface area contributed by atoms with Gasteiger partial charge in [0.15, 0.2) is 5.82 Å². The molecule has 0 atom stereocenters. The van der Waals surface area contributed by atoms with E-state index < -0.39 is 0 Å². The molecule has 0 amide bonds. The molecular weight excluding hydrogens is 366 g/mol. The molecule has 0 saturated carbocycles. The van der Waals surface area contributed by atoms with E-state index in [1.807, 2.05) is 18.2 Å². The second-order valence-corrected chi connectivity index (χ2v) is 7.58. The number of H-pyrrole nitrogens is 1. The Morgan fingerprint density at radius 1 is 1.14 bits per heavy atom. The van der Waals surface area contributed by atoms with Crippen molar-refractivity contribution in [2.24, 2.45) is 0 Å². The number of aromatic amines is 1. The van der Waals surface area contributed by atoms with E-state index in [9.17, 15) is 0 Å². The lowest BCUT2D eigenvalue weighted by molar-refractivity contribution is 1.11. The third-order valence-corrected chi connectivity index (χ3v) is 5.90. The van der Waals surface area contributed by atoms with Gasteiger partial charge in [-0.3, -0.25) is 5.10 Å². The molecule has 0 aliphatic carbocycles. The number of nitrogen functional groups attached to an aromatic ring is 1. The Morgan fingerprint density at radius 2 is 2.05 bits per heavy atom. The number of nitrogens with one attached hydrogen (secondary N) is 1. The number of fused-ring (bicyclic) bond motifs is 1. The molecule has 0 aliphatic rings. The van der Waals surface area contributed by atoms with Crippen molar-refractivity contribution in [3.05, 3.63) is 46.3 Å². The van der Waals surface area contributed by atoms with Crippen molar-refractivity contribution in [3.8, 4) is 21.7 Å². The van der Waals surface area contributed by atoms with Gasteiger partial charge < -0.3 is 5.73 Å². The topological polar surface area (TPSA) is 54.7 Å². The van der Waals surface area contributed by atoms with Gasteiger partial charge in [0.2, 0.25) is 0 Å². The first-order valence-corrected chi connectivity index (χ1v) is 8.78. The number of rotatable bonds is 2. The zero-order valence-corrected chi connectivity index (χ0v) is 14.0. The summed E-state index contributed by atoms with van der Waals surface area (Å²) in [5, 5.41) is 9.40. The van der Waals surface area contributed by atoms with Crippen LogP contribution in [0.3, 0.4) is 0 Å². The first-order chi connectivity index (χ1) is 10.2. The van der Waals surface area contributed by atoms with Crippen LogP contribution in [-0.2, 0) is 0 Å². The standard InChI is InChI=1S/C15H10BrN3S2/c16-9-3-1-2-8(6-9)13-14(18-19-15(13)17)12-7-11-10(21-12)4-5-20-11/h1-7H,(H3,17,18,19). The molecular formula is C15H10BrN3S2. The monoisotopic (exact) mass is 375 g/mol. The van der Waals surface area contributed by atoms with Gasteiger partial charge in [0.25, 0.3) is 0 Å². The van der Waals surface area contributed by atoms with E-state index in [-0.39, 0.29) is 0 Å². The average Bonchev–Trinajstić information content (AvgIpc) is 3.11. The fourth-order valence-electron chi connectivity index (χ4n) is 2.36. The lowest BCUT2D eigenvalue weighted by atomic mass is 10.0. The molecule has 0 fully saturated rings. The highest BCUT2D eigenvalue weighted by Crippen LogP contribution is 2.41. The first-order valence-electron chi connectivity index (χ1n) is 6.29. The van der Waals surface area contributed by atoms with Crippen molar-refractivity contribution in [3.63, 3.8) is 0 Å². The zero-order chi connectivity index (χ0) is 14.4. The largest absolute Gasteiger partial charge is 0.382 e. The normalized spacial score (nSPS) is 11.3. The van der Waals surface area contributed by atoms with Gasteiger partial charge in [-0.2, -0.15) is 5.10 Å². The van der Waals surface area contributed by atoms with Crippen LogP contribution < -0.4 is 5.73 Å². The summed E-state index contributed by atoms with van der Waals surface area (Å²) in [6.07, 6.45) is 0. The molecule has 0 aliphatic heterocycles. The van der Waals surface area contributed by atoms with Crippen LogP contribution >= 0.6 is 38.6 Å². The highest BCUT2D eigenvalue weighted by Gasteiger charge is 2.17. The molecule has 4 rings (SSSR count). The second-order valence-electron chi connectivity index (χ2n) is 4.63. The maximum Gasteiger partial charge on any atom is 0.153 e. The van der Waals surface area contributed by atoms with E-state index in [0.717, 1.165) is 26.2 Å². The average molecular weight is 376 g/mol. The van der Waals surface area contributed by atoms with Crippen LogP contribution in [0, 0.1) is 0 Å².